The Balaban J connectivity index is 2.16. The lowest BCUT2D eigenvalue weighted by Gasteiger charge is -2.14. The smallest absolute Gasteiger partial charge is 0.386 e. The molecule has 0 aliphatic carbocycles. The summed E-state index contributed by atoms with van der Waals surface area (Å²) in [5, 5.41) is 14.4. The molecule has 0 saturated carbocycles. The molecular formula is C14H14BrF3N2O. The number of hydrogen-bond donors (Lipinski definition) is 1. The molecule has 1 N–H and O–H groups in total. The van der Waals surface area contributed by atoms with Crippen molar-refractivity contribution in [3.05, 3.63) is 51.8 Å². The average molecular weight is 363 g/mol. The first-order valence-electron chi connectivity index (χ1n) is 6.38. The first kappa shape index (κ1) is 16.0. The van der Waals surface area contributed by atoms with E-state index in [1.54, 1.807) is 10.9 Å². The number of aliphatic hydroxyl groups excluding tert-OH is 1. The molecule has 0 saturated heterocycles. The van der Waals surface area contributed by atoms with Crippen LogP contribution in [-0.2, 0) is 19.1 Å². The van der Waals surface area contributed by atoms with Crippen LogP contribution in [-0.4, -0.2) is 14.9 Å². The van der Waals surface area contributed by atoms with E-state index < -0.39 is 17.8 Å². The van der Waals surface area contributed by atoms with E-state index in [0.29, 0.717) is 22.3 Å². The molecule has 1 aromatic heterocycles. The molecule has 0 radical (unpaired) electrons. The fourth-order valence-corrected chi connectivity index (χ4v) is 2.67. The quantitative estimate of drug-likeness (QED) is 0.893. The minimum absolute atomic E-state index is 0.225. The van der Waals surface area contributed by atoms with Gasteiger partial charge in [-0.15, -0.1) is 0 Å². The van der Waals surface area contributed by atoms with Crippen LogP contribution < -0.4 is 0 Å². The van der Waals surface area contributed by atoms with Crippen LogP contribution in [0.4, 0.5) is 13.2 Å². The lowest BCUT2D eigenvalue weighted by molar-refractivity contribution is -0.137. The third-order valence-corrected chi connectivity index (χ3v) is 3.77. The van der Waals surface area contributed by atoms with Gasteiger partial charge in [0.15, 0.2) is 0 Å². The van der Waals surface area contributed by atoms with Crippen molar-refractivity contribution in [2.45, 2.75) is 32.2 Å². The summed E-state index contributed by atoms with van der Waals surface area (Å²) in [6.45, 7) is 2.50. The van der Waals surface area contributed by atoms with Gasteiger partial charge < -0.3 is 5.11 Å². The van der Waals surface area contributed by atoms with Crippen LogP contribution in [0.3, 0.4) is 0 Å². The Morgan fingerprint density at radius 1 is 1.29 bits per heavy atom. The van der Waals surface area contributed by atoms with Crippen molar-refractivity contribution in [3.8, 4) is 0 Å². The van der Waals surface area contributed by atoms with Gasteiger partial charge in [-0.05, 0) is 40.5 Å². The Labute approximate surface area is 128 Å². The van der Waals surface area contributed by atoms with Crippen molar-refractivity contribution in [2.24, 2.45) is 0 Å². The molecule has 0 fully saturated rings. The highest BCUT2D eigenvalue weighted by molar-refractivity contribution is 9.10. The summed E-state index contributed by atoms with van der Waals surface area (Å²) in [5.41, 5.74) is 0.559. The van der Waals surface area contributed by atoms with E-state index in [2.05, 4.69) is 21.0 Å². The molecule has 1 unspecified atom stereocenters. The highest BCUT2D eigenvalue weighted by atomic mass is 79.9. The second-order valence-corrected chi connectivity index (χ2v) is 5.46. The number of benzene rings is 1. The normalized spacial score (nSPS) is 13.4. The minimum atomic E-state index is -4.35. The first-order chi connectivity index (χ1) is 9.82. The summed E-state index contributed by atoms with van der Waals surface area (Å²) in [4.78, 5) is 0. The Bertz CT molecular complexity index is 608. The van der Waals surface area contributed by atoms with Gasteiger partial charge >= 0.3 is 6.18 Å². The van der Waals surface area contributed by atoms with Crippen LogP contribution in [0.2, 0.25) is 0 Å². The number of rotatable bonds is 4. The van der Waals surface area contributed by atoms with Gasteiger partial charge in [-0.25, -0.2) is 0 Å². The zero-order valence-corrected chi connectivity index (χ0v) is 12.8. The minimum Gasteiger partial charge on any atom is -0.386 e. The van der Waals surface area contributed by atoms with Crippen molar-refractivity contribution in [1.29, 1.82) is 0 Å². The summed E-state index contributed by atoms with van der Waals surface area (Å²) < 4.78 is 39.8. The molecule has 2 rings (SSSR count). The van der Waals surface area contributed by atoms with Crippen molar-refractivity contribution in [1.82, 2.24) is 9.78 Å². The van der Waals surface area contributed by atoms with E-state index in [1.807, 2.05) is 6.92 Å². The maximum Gasteiger partial charge on any atom is 0.416 e. The number of aryl methyl sites for hydroxylation is 1. The number of hydrogen-bond acceptors (Lipinski definition) is 2. The Morgan fingerprint density at radius 3 is 2.43 bits per heavy atom. The van der Waals surface area contributed by atoms with Crippen LogP contribution in [0, 0.1) is 0 Å². The van der Waals surface area contributed by atoms with E-state index in [0.717, 1.165) is 12.1 Å². The molecule has 0 amide bonds. The molecule has 2 aromatic rings. The van der Waals surface area contributed by atoms with Gasteiger partial charge in [-0.3, -0.25) is 4.68 Å². The maximum absolute atomic E-state index is 12.5. The number of nitrogens with zero attached hydrogens (tertiary/aromatic N) is 2. The zero-order valence-electron chi connectivity index (χ0n) is 11.2. The third kappa shape index (κ3) is 3.65. The molecule has 7 heteroatoms. The van der Waals surface area contributed by atoms with Gasteiger partial charge in [0.05, 0.1) is 21.9 Å². The molecule has 1 heterocycles. The SMILES string of the molecule is CCn1ncc(Br)c1C(O)Cc1ccc(C(F)(F)F)cc1. The van der Waals surface area contributed by atoms with Crippen molar-refractivity contribution in [2.75, 3.05) is 0 Å². The van der Waals surface area contributed by atoms with Gasteiger partial charge in [0.2, 0.25) is 0 Å². The highest BCUT2D eigenvalue weighted by Crippen LogP contribution is 2.30. The molecule has 114 valence electrons. The molecular weight excluding hydrogens is 349 g/mol. The van der Waals surface area contributed by atoms with Gasteiger partial charge in [-0.2, -0.15) is 18.3 Å². The maximum atomic E-state index is 12.5. The second kappa shape index (κ2) is 6.19. The first-order valence-corrected chi connectivity index (χ1v) is 7.17. The van der Waals surface area contributed by atoms with E-state index in [1.165, 1.54) is 12.1 Å². The van der Waals surface area contributed by atoms with Gasteiger partial charge in [0.25, 0.3) is 0 Å². The van der Waals surface area contributed by atoms with Crippen LogP contribution in [0.5, 0.6) is 0 Å². The van der Waals surface area contributed by atoms with E-state index in [4.69, 9.17) is 0 Å². The van der Waals surface area contributed by atoms with Crippen molar-refractivity contribution in [3.63, 3.8) is 0 Å². The van der Waals surface area contributed by atoms with Gasteiger partial charge in [0.1, 0.15) is 6.10 Å². The molecule has 3 nitrogen and oxygen atoms in total. The molecule has 0 aliphatic heterocycles. The number of aromatic nitrogens is 2. The Hall–Kier alpha value is -1.34. The van der Waals surface area contributed by atoms with E-state index in [-0.39, 0.29) is 6.42 Å². The van der Waals surface area contributed by atoms with Crippen LogP contribution in [0.25, 0.3) is 0 Å². The summed E-state index contributed by atoms with van der Waals surface area (Å²) >= 11 is 3.32. The standard InChI is InChI=1S/C14H14BrF3N2O/c1-2-20-13(11(15)8-19-20)12(21)7-9-3-5-10(6-4-9)14(16,17)18/h3-6,8,12,21H,2,7H2,1H3. The predicted octanol–water partition coefficient (Wildman–Crippen LogP) is 3.96. The fourth-order valence-electron chi connectivity index (χ4n) is 2.10. The predicted molar refractivity (Wildman–Crippen MR) is 75.7 cm³/mol. The fraction of sp³-hybridized carbons (Fsp3) is 0.357. The van der Waals surface area contributed by atoms with Gasteiger partial charge in [0, 0.05) is 13.0 Å². The van der Waals surface area contributed by atoms with Crippen LogP contribution >= 0.6 is 15.9 Å². The lowest BCUT2D eigenvalue weighted by atomic mass is 10.0. The van der Waals surface area contributed by atoms with E-state index in [9.17, 15) is 18.3 Å². The Kier molecular flexibility index (Phi) is 4.73. The molecule has 1 aromatic carbocycles. The molecule has 1 atom stereocenters. The van der Waals surface area contributed by atoms with Gasteiger partial charge in [-0.1, -0.05) is 12.1 Å². The molecule has 0 aliphatic rings. The second-order valence-electron chi connectivity index (χ2n) is 4.61. The number of aliphatic hydroxyl groups is 1. The third-order valence-electron chi connectivity index (χ3n) is 3.16. The number of halogens is 4. The summed E-state index contributed by atoms with van der Waals surface area (Å²) in [5.74, 6) is 0. The molecule has 0 bridgehead atoms. The molecule has 21 heavy (non-hydrogen) atoms. The molecule has 0 spiro atoms. The highest BCUT2D eigenvalue weighted by Gasteiger charge is 2.30. The summed E-state index contributed by atoms with van der Waals surface area (Å²) in [6.07, 6.45) is -3.36. The van der Waals surface area contributed by atoms with Crippen molar-refractivity contribution < 1.29 is 18.3 Å². The summed E-state index contributed by atoms with van der Waals surface area (Å²) in [7, 11) is 0. The number of alkyl halides is 3. The lowest BCUT2D eigenvalue weighted by Crippen LogP contribution is -2.11. The largest absolute Gasteiger partial charge is 0.416 e. The average Bonchev–Trinajstić information content (AvgIpc) is 2.79. The van der Waals surface area contributed by atoms with Crippen molar-refractivity contribution >= 4 is 15.9 Å². The zero-order chi connectivity index (χ0) is 15.6. The topological polar surface area (TPSA) is 38.0 Å². The van der Waals surface area contributed by atoms with E-state index >= 15 is 0 Å². The van der Waals surface area contributed by atoms with Crippen LogP contribution in [0.1, 0.15) is 29.8 Å². The summed E-state index contributed by atoms with van der Waals surface area (Å²) in [6, 6.07) is 4.81. The Morgan fingerprint density at radius 2 is 1.90 bits per heavy atom. The monoisotopic (exact) mass is 362 g/mol. The van der Waals surface area contributed by atoms with Crippen LogP contribution in [0.15, 0.2) is 34.9 Å².